The van der Waals surface area contributed by atoms with Gasteiger partial charge in [-0.3, -0.25) is 10.1 Å². The van der Waals surface area contributed by atoms with E-state index < -0.39 is 4.92 Å². The summed E-state index contributed by atoms with van der Waals surface area (Å²) in [4.78, 5) is 14.4. The van der Waals surface area contributed by atoms with Crippen LogP contribution in [0.2, 0.25) is 0 Å². The van der Waals surface area contributed by atoms with Crippen LogP contribution in [-0.2, 0) is 0 Å². The summed E-state index contributed by atoms with van der Waals surface area (Å²) in [6.45, 7) is 0. The number of H-pyrrole nitrogens is 1. The molecule has 3 rings (SSSR count). The summed E-state index contributed by atoms with van der Waals surface area (Å²) < 4.78 is 0. The Morgan fingerprint density at radius 3 is 2.53 bits per heavy atom. The second-order valence-electron chi connectivity index (χ2n) is 4.01. The Bertz CT molecular complexity index is 848. The minimum Gasteiger partial charge on any atom is -0.355 e. The number of nitrogens with zero attached hydrogens (tertiary/aromatic N) is 2. The van der Waals surface area contributed by atoms with E-state index in [4.69, 9.17) is 5.26 Å². The van der Waals surface area contributed by atoms with Crippen molar-refractivity contribution in [3.63, 3.8) is 0 Å². The third-order valence-corrected chi connectivity index (χ3v) is 3.51. The number of nitriles is 1. The molecule has 0 atom stereocenters. The van der Waals surface area contributed by atoms with Crippen molar-refractivity contribution in [2.24, 2.45) is 0 Å². The molecule has 3 aromatic rings. The average Bonchev–Trinajstić information content (AvgIpc) is 2.76. The Labute approximate surface area is 112 Å². The zero-order valence-corrected chi connectivity index (χ0v) is 10.4. The first-order valence-corrected chi connectivity index (χ1v) is 6.26. The molecule has 0 spiro atoms. The normalized spacial score (nSPS) is 10.7. The van der Waals surface area contributed by atoms with Crippen molar-refractivity contribution >= 4 is 39.3 Å². The number of benzene rings is 2. The number of nitrogens with one attached hydrogen (secondary N) is 1. The molecule has 0 fully saturated rings. The van der Waals surface area contributed by atoms with Gasteiger partial charge in [0.2, 0.25) is 0 Å². The Morgan fingerprint density at radius 1 is 1.16 bits per heavy atom. The van der Waals surface area contributed by atoms with Gasteiger partial charge in [0.05, 0.1) is 4.92 Å². The minimum absolute atomic E-state index is 0.0618. The summed E-state index contributed by atoms with van der Waals surface area (Å²) in [5, 5.41) is 23.2. The molecule has 0 saturated heterocycles. The van der Waals surface area contributed by atoms with Crippen LogP contribution in [0.3, 0.4) is 0 Å². The van der Waals surface area contributed by atoms with Crippen LogP contribution >= 0.6 is 11.8 Å². The standard InChI is InChI=1S/C13H7N3O2S/c14-7-19-9-2-4-13-11(6-9)10-5-8(16(17)18)1-3-12(10)15-13/h1-6,15H. The number of aromatic nitrogens is 1. The molecule has 0 amide bonds. The fourth-order valence-corrected chi connectivity index (χ4v) is 2.51. The van der Waals surface area contributed by atoms with E-state index in [1.807, 2.05) is 23.6 Å². The predicted octanol–water partition coefficient (Wildman–Crippen LogP) is 3.80. The molecule has 19 heavy (non-hydrogen) atoms. The molecule has 6 heteroatoms. The van der Waals surface area contributed by atoms with E-state index >= 15 is 0 Å². The monoisotopic (exact) mass is 269 g/mol. The molecule has 5 nitrogen and oxygen atoms in total. The number of nitro benzene ring substituents is 1. The first kappa shape index (κ1) is 11.6. The van der Waals surface area contributed by atoms with Crippen LogP contribution in [-0.4, -0.2) is 9.91 Å². The summed E-state index contributed by atoms with van der Waals surface area (Å²) in [6, 6.07) is 10.3. The van der Waals surface area contributed by atoms with Gasteiger partial charge in [0.15, 0.2) is 0 Å². The van der Waals surface area contributed by atoms with Gasteiger partial charge in [-0.2, -0.15) is 5.26 Å². The van der Waals surface area contributed by atoms with Crippen molar-refractivity contribution in [3.8, 4) is 5.40 Å². The van der Waals surface area contributed by atoms with Crippen LogP contribution in [0.4, 0.5) is 5.69 Å². The van der Waals surface area contributed by atoms with Gasteiger partial charge in [0.1, 0.15) is 5.40 Å². The molecular formula is C13H7N3O2S. The first-order chi connectivity index (χ1) is 9.19. The van der Waals surface area contributed by atoms with Crippen molar-refractivity contribution in [3.05, 3.63) is 46.5 Å². The number of hydrogen-bond donors (Lipinski definition) is 1. The van der Waals surface area contributed by atoms with Crippen LogP contribution < -0.4 is 0 Å². The van der Waals surface area contributed by atoms with E-state index in [1.165, 1.54) is 6.07 Å². The molecule has 0 bridgehead atoms. The molecule has 0 aliphatic carbocycles. The van der Waals surface area contributed by atoms with E-state index in [1.54, 1.807) is 12.1 Å². The second-order valence-corrected chi connectivity index (χ2v) is 4.87. The van der Waals surface area contributed by atoms with Crippen LogP contribution in [0.1, 0.15) is 0 Å². The third-order valence-electron chi connectivity index (χ3n) is 2.93. The molecule has 0 radical (unpaired) electrons. The Morgan fingerprint density at radius 2 is 1.84 bits per heavy atom. The molecular weight excluding hydrogens is 262 g/mol. The summed E-state index contributed by atoms with van der Waals surface area (Å²) in [5.41, 5.74) is 1.81. The van der Waals surface area contributed by atoms with Crippen LogP contribution in [0.15, 0.2) is 41.3 Å². The number of rotatable bonds is 2. The number of hydrogen-bond acceptors (Lipinski definition) is 4. The fraction of sp³-hybridized carbons (Fsp3) is 0. The van der Waals surface area contributed by atoms with Gasteiger partial charge in [-0.15, -0.1) is 0 Å². The number of thiocyanates is 1. The zero-order valence-electron chi connectivity index (χ0n) is 9.58. The van der Waals surface area contributed by atoms with Crippen LogP contribution in [0.5, 0.6) is 0 Å². The highest BCUT2D eigenvalue weighted by Crippen LogP contribution is 2.31. The zero-order chi connectivity index (χ0) is 13.4. The predicted molar refractivity (Wildman–Crippen MR) is 73.9 cm³/mol. The van der Waals surface area contributed by atoms with Crippen LogP contribution in [0.25, 0.3) is 21.8 Å². The van der Waals surface area contributed by atoms with E-state index in [-0.39, 0.29) is 5.69 Å². The maximum Gasteiger partial charge on any atom is 0.270 e. The highest BCUT2D eigenvalue weighted by Gasteiger charge is 2.11. The van der Waals surface area contributed by atoms with E-state index in [0.717, 1.165) is 38.5 Å². The molecule has 1 N–H and O–H groups in total. The highest BCUT2D eigenvalue weighted by molar-refractivity contribution is 8.03. The third kappa shape index (κ3) is 1.90. The topological polar surface area (TPSA) is 82.7 Å². The van der Waals surface area contributed by atoms with Crippen LogP contribution in [0, 0.1) is 20.8 Å². The van der Waals surface area contributed by atoms with Gasteiger partial charge in [0, 0.05) is 38.8 Å². The second kappa shape index (κ2) is 4.30. The molecule has 92 valence electrons. The minimum atomic E-state index is -0.411. The summed E-state index contributed by atoms with van der Waals surface area (Å²) in [7, 11) is 0. The molecule has 0 aliphatic rings. The Hall–Kier alpha value is -2.52. The quantitative estimate of drug-likeness (QED) is 0.332. The lowest BCUT2D eigenvalue weighted by molar-refractivity contribution is -0.384. The number of nitro groups is 1. The smallest absolute Gasteiger partial charge is 0.270 e. The molecule has 1 aromatic heterocycles. The van der Waals surface area contributed by atoms with Crippen molar-refractivity contribution in [1.29, 1.82) is 5.26 Å². The number of aromatic amines is 1. The van der Waals surface area contributed by atoms with Crippen molar-refractivity contribution in [2.75, 3.05) is 0 Å². The van der Waals surface area contributed by atoms with Crippen molar-refractivity contribution in [1.82, 2.24) is 4.98 Å². The maximum absolute atomic E-state index is 10.8. The summed E-state index contributed by atoms with van der Waals surface area (Å²) in [5.74, 6) is 0. The van der Waals surface area contributed by atoms with E-state index in [9.17, 15) is 10.1 Å². The molecule has 0 aliphatic heterocycles. The largest absolute Gasteiger partial charge is 0.355 e. The number of non-ortho nitro benzene ring substituents is 1. The molecule has 0 saturated carbocycles. The first-order valence-electron chi connectivity index (χ1n) is 5.45. The van der Waals surface area contributed by atoms with Gasteiger partial charge in [-0.05, 0) is 36.0 Å². The number of thioether (sulfide) groups is 1. The molecule has 1 heterocycles. The van der Waals surface area contributed by atoms with Gasteiger partial charge in [-0.25, -0.2) is 0 Å². The van der Waals surface area contributed by atoms with E-state index in [2.05, 4.69) is 4.98 Å². The lowest BCUT2D eigenvalue weighted by atomic mass is 10.1. The average molecular weight is 269 g/mol. The van der Waals surface area contributed by atoms with Crippen molar-refractivity contribution < 1.29 is 4.92 Å². The lowest BCUT2D eigenvalue weighted by Crippen LogP contribution is -1.86. The Balaban J connectivity index is 2.32. The highest BCUT2D eigenvalue weighted by atomic mass is 32.2. The van der Waals surface area contributed by atoms with Crippen molar-refractivity contribution in [2.45, 2.75) is 4.90 Å². The number of fused-ring (bicyclic) bond motifs is 3. The van der Waals surface area contributed by atoms with Gasteiger partial charge >= 0.3 is 0 Å². The SMILES string of the molecule is N#CSc1ccc2[nH]c3ccc([N+](=O)[O-])cc3c2c1. The van der Waals surface area contributed by atoms with Gasteiger partial charge in [-0.1, -0.05) is 0 Å². The summed E-state index contributed by atoms with van der Waals surface area (Å²) >= 11 is 1.07. The van der Waals surface area contributed by atoms with E-state index in [0.29, 0.717) is 0 Å². The maximum atomic E-state index is 10.8. The molecule has 0 unspecified atom stereocenters. The lowest BCUT2D eigenvalue weighted by Gasteiger charge is -1.95. The molecule has 2 aromatic carbocycles. The Kier molecular flexibility index (Phi) is 2.62. The van der Waals surface area contributed by atoms with Gasteiger partial charge < -0.3 is 4.98 Å². The van der Waals surface area contributed by atoms with Gasteiger partial charge in [0.25, 0.3) is 5.69 Å². The summed E-state index contributed by atoms with van der Waals surface area (Å²) in [6.07, 6.45) is 0. The fourth-order valence-electron chi connectivity index (χ4n) is 2.09.